The quantitative estimate of drug-likeness (QED) is 0.416. The number of nitrogens with zero attached hydrogens (tertiary/aromatic N) is 1. The van der Waals surface area contributed by atoms with Gasteiger partial charge in [0.25, 0.3) is 0 Å². The van der Waals surface area contributed by atoms with Crippen molar-refractivity contribution in [1.29, 1.82) is 0 Å². The van der Waals surface area contributed by atoms with E-state index in [1.54, 1.807) is 0 Å². The van der Waals surface area contributed by atoms with Gasteiger partial charge in [0.1, 0.15) is 0 Å². The summed E-state index contributed by atoms with van der Waals surface area (Å²) >= 11 is 0. The standard InChI is InChI=1S/C11H20N4O2/c1-2-7-15(8-3-10(13)16)9-4-11(17)14-6-5-12/h1H,3-9,12H2,(H2,13,16)(H,14,17). The van der Waals surface area contributed by atoms with E-state index in [9.17, 15) is 9.59 Å². The lowest BCUT2D eigenvalue weighted by atomic mass is 10.3. The van der Waals surface area contributed by atoms with Crippen molar-refractivity contribution in [2.75, 3.05) is 32.7 Å². The van der Waals surface area contributed by atoms with Crippen molar-refractivity contribution in [1.82, 2.24) is 10.2 Å². The van der Waals surface area contributed by atoms with Gasteiger partial charge >= 0.3 is 0 Å². The van der Waals surface area contributed by atoms with Crippen molar-refractivity contribution < 1.29 is 9.59 Å². The molecule has 0 saturated heterocycles. The summed E-state index contributed by atoms with van der Waals surface area (Å²) in [5, 5.41) is 2.66. The van der Waals surface area contributed by atoms with Crippen LogP contribution in [0.4, 0.5) is 0 Å². The van der Waals surface area contributed by atoms with Crippen LogP contribution >= 0.6 is 0 Å². The van der Waals surface area contributed by atoms with Crippen LogP contribution in [0.3, 0.4) is 0 Å². The molecule has 0 aliphatic heterocycles. The van der Waals surface area contributed by atoms with Crippen molar-refractivity contribution in [2.24, 2.45) is 11.5 Å². The lowest BCUT2D eigenvalue weighted by Gasteiger charge is -2.18. The fourth-order valence-corrected chi connectivity index (χ4v) is 1.23. The lowest BCUT2D eigenvalue weighted by molar-refractivity contribution is -0.121. The van der Waals surface area contributed by atoms with Crippen LogP contribution in [0, 0.1) is 12.3 Å². The van der Waals surface area contributed by atoms with Crippen LogP contribution in [0.5, 0.6) is 0 Å². The summed E-state index contributed by atoms with van der Waals surface area (Å²) in [5.74, 6) is 2.03. The Balaban J connectivity index is 3.87. The molecule has 0 aliphatic rings. The number of hydrogen-bond acceptors (Lipinski definition) is 4. The topological polar surface area (TPSA) is 101 Å². The van der Waals surface area contributed by atoms with Gasteiger partial charge in [0, 0.05) is 39.0 Å². The van der Waals surface area contributed by atoms with Crippen LogP contribution in [0.25, 0.3) is 0 Å². The van der Waals surface area contributed by atoms with Crippen LogP contribution < -0.4 is 16.8 Å². The zero-order chi connectivity index (χ0) is 13.1. The van der Waals surface area contributed by atoms with E-state index in [4.69, 9.17) is 17.9 Å². The van der Waals surface area contributed by atoms with Gasteiger partial charge in [-0.15, -0.1) is 6.42 Å². The van der Waals surface area contributed by atoms with Crippen LogP contribution in [0.1, 0.15) is 12.8 Å². The van der Waals surface area contributed by atoms with E-state index in [0.29, 0.717) is 39.1 Å². The monoisotopic (exact) mass is 240 g/mol. The molecule has 2 amide bonds. The molecule has 6 heteroatoms. The van der Waals surface area contributed by atoms with Crippen molar-refractivity contribution in [2.45, 2.75) is 12.8 Å². The van der Waals surface area contributed by atoms with E-state index in [1.165, 1.54) is 0 Å². The summed E-state index contributed by atoms with van der Waals surface area (Å²) in [4.78, 5) is 23.8. The second kappa shape index (κ2) is 9.63. The van der Waals surface area contributed by atoms with Crippen molar-refractivity contribution >= 4 is 11.8 Å². The fraction of sp³-hybridized carbons (Fsp3) is 0.636. The van der Waals surface area contributed by atoms with Gasteiger partial charge in [-0.05, 0) is 0 Å². The minimum atomic E-state index is -0.375. The third-order valence-electron chi connectivity index (χ3n) is 2.11. The van der Waals surface area contributed by atoms with Gasteiger partial charge in [-0.2, -0.15) is 0 Å². The van der Waals surface area contributed by atoms with E-state index >= 15 is 0 Å². The highest BCUT2D eigenvalue weighted by Gasteiger charge is 2.08. The zero-order valence-electron chi connectivity index (χ0n) is 9.95. The molecule has 0 radical (unpaired) electrons. The number of primary amides is 1. The van der Waals surface area contributed by atoms with E-state index < -0.39 is 0 Å². The van der Waals surface area contributed by atoms with Crippen LogP contribution in [0.15, 0.2) is 0 Å². The Morgan fingerprint density at radius 3 is 2.47 bits per heavy atom. The maximum absolute atomic E-state index is 11.3. The molecule has 17 heavy (non-hydrogen) atoms. The highest BCUT2D eigenvalue weighted by atomic mass is 16.1. The molecule has 0 spiro atoms. The molecular weight excluding hydrogens is 220 g/mol. The smallest absolute Gasteiger partial charge is 0.221 e. The molecule has 0 aliphatic carbocycles. The number of nitrogens with one attached hydrogen (secondary N) is 1. The van der Waals surface area contributed by atoms with Gasteiger partial charge in [-0.25, -0.2) is 0 Å². The summed E-state index contributed by atoms with van der Waals surface area (Å²) in [5.41, 5.74) is 10.3. The molecular formula is C11H20N4O2. The molecule has 0 aromatic rings. The average molecular weight is 240 g/mol. The molecule has 0 aromatic heterocycles. The molecule has 0 saturated carbocycles. The second-order valence-electron chi connectivity index (χ2n) is 3.59. The molecule has 6 nitrogen and oxygen atoms in total. The number of carbonyl (C=O) groups excluding carboxylic acids is 2. The van der Waals surface area contributed by atoms with E-state index in [0.717, 1.165) is 0 Å². The maximum atomic E-state index is 11.3. The molecule has 0 fully saturated rings. The molecule has 96 valence electrons. The summed E-state index contributed by atoms with van der Waals surface area (Å²) < 4.78 is 0. The summed E-state index contributed by atoms with van der Waals surface area (Å²) in [6, 6.07) is 0. The highest BCUT2D eigenvalue weighted by Crippen LogP contribution is 1.93. The predicted octanol–water partition coefficient (Wildman–Crippen LogP) is -1.74. The van der Waals surface area contributed by atoms with Crippen molar-refractivity contribution in [3.63, 3.8) is 0 Å². The summed E-state index contributed by atoms with van der Waals surface area (Å²) in [6.07, 6.45) is 5.77. The Morgan fingerprint density at radius 1 is 1.29 bits per heavy atom. The van der Waals surface area contributed by atoms with Gasteiger partial charge in [0.05, 0.1) is 6.54 Å². The number of nitrogens with two attached hydrogens (primary N) is 2. The van der Waals surface area contributed by atoms with Gasteiger partial charge in [0.2, 0.25) is 11.8 Å². The first-order chi connectivity index (χ1) is 8.10. The van der Waals surface area contributed by atoms with Crippen LogP contribution in [-0.4, -0.2) is 49.4 Å². The number of rotatable bonds is 9. The average Bonchev–Trinajstić information content (AvgIpc) is 2.29. The molecule has 0 bridgehead atoms. The first-order valence-electron chi connectivity index (χ1n) is 5.51. The number of amides is 2. The SMILES string of the molecule is C#CCN(CCC(N)=O)CCC(=O)NCCN. The number of terminal acetylenes is 1. The Labute approximate surface area is 102 Å². The fourth-order valence-electron chi connectivity index (χ4n) is 1.23. The third kappa shape index (κ3) is 9.35. The first-order valence-corrected chi connectivity index (χ1v) is 5.51. The normalized spacial score (nSPS) is 9.94. The van der Waals surface area contributed by atoms with Crippen molar-refractivity contribution in [3.05, 3.63) is 0 Å². The van der Waals surface area contributed by atoms with Gasteiger partial charge in [-0.3, -0.25) is 14.5 Å². The van der Waals surface area contributed by atoms with Crippen LogP contribution in [0.2, 0.25) is 0 Å². The number of hydrogen-bond donors (Lipinski definition) is 3. The minimum Gasteiger partial charge on any atom is -0.370 e. The van der Waals surface area contributed by atoms with E-state index in [-0.39, 0.29) is 18.2 Å². The lowest BCUT2D eigenvalue weighted by Crippen LogP contribution is -2.34. The molecule has 0 aromatic carbocycles. The molecule has 5 N–H and O–H groups in total. The number of carbonyl (C=O) groups is 2. The highest BCUT2D eigenvalue weighted by molar-refractivity contribution is 5.76. The van der Waals surface area contributed by atoms with Gasteiger partial charge < -0.3 is 16.8 Å². The Morgan fingerprint density at radius 2 is 1.94 bits per heavy atom. The minimum absolute atomic E-state index is 0.0726. The molecule has 0 heterocycles. The molecule has 0 rings (SSSR count). The second-order valence-corrected chi connectivity index (χ2v) is 3.59. The molecule has 0 unspecified atom stereocenters. The molecule has 0 atom stereocenters. The van der Waals surface area contributed by atoms with E-state index in [2.05, 4.69) is 11.2 Å². The van der Waals surface area contributed by atoms with Gasteiger partial charge in [-0.1, -0.05) is 5.92 Å². The Hall–Kier alpha value is -1.58. The maximum Gasteiger partial charge on any atom is 0.221 e. The zero-order valence-corrected chi connectivity index (χ0v) is 9.95. The van der Waals surface area contributed by atoms with E-state index in [1.807, 2.05) is 4.90 Å². The Kier molecular flexibility index (Phi) is 8.74. The van der Waals surface area contributed by atoms with Crippen LogP contribution in [-0.2, 0) is 9.59 Å². The third-order valence-corrected chi connectivity index (χ3v) is 2.11. The Bertz CT molecular complexity index is 286. The summed E-state index contributed by atoms with van der Waals surface area (Å²) in [7, 11) is 0. The predicted molar refractivity (Wildman–Crippen MR) is 65.8 cm³/mol. The first kappa shape index (κ1) is 15.4. The summed E-state index contributed by atoms with van der Waals surface area (Å²) in [6.45, 7) is 2.27. The van der Waals surface area contributed by atoms with Crippen molar-refractivity contribution in [3.8, 4) is 12.3 Å². The largest absolute Gasteiger partial charge is 0.370 e. The van der Waals surface area contributed by atoms with Gasteiger partial charge in [0.15, 0.2) is 0 Å².